The number of ether oxygens (including phenoxy) is 1. The van der Waals surface area contributed by atoms with Crippen LogP contribution in [0, 0.1) is 0 Å². The molecule has 1 amide bonds. The molecule has 2 atom stereocenters. The molecule has 22 heavy (non-hydrogen) atoms. The van der Waals surface area contributed by atoms with Crippen LogP contribution in [0.1, 0.15) is 24.0 Å². The molecule has 0 spiro atoms. The Kier molecular flexibility index (Phi) is 4.13. The van der Waals surface area contributed by atoms with E-state index in [1.807, 2.05) is 25.1 Å². The van der Waals surface area contributed by atoms with Gasteiger partial charge in [-0.05, 0) is 36.6 Å². The summed E-state index contributed by atoms with van der Waals surface area (Å²) in [6.45, 7) is 5.07. The Morgan fingerprint density at radius 3 is 2.82 bits per heavy atom. The maximum Gasteiger partial charge on any atom is 0.227 e. The zero-order valence-electron chi connectivity index (χ0n) is 12.7. The van der Waals surface area contributed by atoms with Crippen molar-refractivity contribution in [2.75, 3.05) is 26.3 Å². The molecular weight excluding hydrogens is 282 g/mol. The molecule has 0 bridgehead atoms. The molecule has 0 saturated carbocycles. The van der Waals surface area contributed by atoms with Crippen LogP contribution in [-0.4, -0.2) is 54.2 Å². The van der Waals surface area contributed by atoms with Gasteiger partial charge in [-0.3, -0.25) is 4.79 Å². The Labute approximate surface area is 129 Å². The Morgan fingerprint density at radius 1 is 1.41 bits per heavy atom. The monoisotopic (exact) mass is 303 g/mol. The molecule has 1 saturated heterocycles. The molecule has 1 heterocycles. The Hall–Kier alpha value is -1.92. The highest BCUT2D eigenvalue weighted by molar-refractivity contribution is 5.86. The van der Waals surface area contributed by atoms with Crippen molar-refractivity contribution in [3.8, 4) is 0 Å². The Bertz CT molecular complexity index is 609. The largest absolute Gasteiger partial charge is 0.392 e. The lowest BCUT2D eigenvalue weighted by Gasteiger charge is -2.28. The highest BCUT2D eigenvalue weighted by Gasteiger charge is 2.35. The van der Waals surface area contributed by atoms with E-state index in [2.05, 4.69) is 9.89 Å². The van der Waals surface area contributed by atoms with Crippen molar-refractivity contribution in [3.05, 3.63) is 29.3 Å². The van der Waals surface area contributed by atoms with Crippen LogP contribution >= 0.6 is 0 Å². The third-order valence-electron chi connectivity index (χ3n) is 4.34. The van der Waals surface area contributed by atoms with Crippen molar-refractivity contribution >= 4 is 17.4 Å². The van der Waals surface area contributed by atoms with Crippen molar-refractivity contribution in [1.29, 1.82) is 0 Å². The predicted molar refractivity (Wildman–Crippen MR) is 83.2 cm³/mol. The van der Waals surface area contributed by atoms with Crippen LogP contribution in [0.15, 0.2) is 23.2 Å². The van der Waals surface area contributed by atoms with Gasteiger partial charge in [0.1, 0.15) is 5.84 Å². The van der Waals surface area contributed by atoms with Crippen LogP contribution in [0.4, 0.5) is 5.69 Å². The van der Waals surface area contributed by atoms with E-state index in [9.17, 15) is 9.90 Å². The van der Waals surface area contributed by atoms with E-state index >= 15 is 0 Å². The maximum atomic E-state index is 11.6. The van der Waals surface area contributed by atoms with Gasteiger partial charge in [0.15, 0.2) is 0 Å². The first-order chi connectivity index (χ1) is 10.6. The zero-order valence-corrected chi connectivity index (χ0v) is 12.7. The maximum absolute atomic E-state index is 11.6. The van der Waals surface area contributed by atoms with Crippen LogP contribution in [0.25, 0.3) is 0 Å². The molecule has 2 aliphatic rings. The van der Waals surface area contributed by atoms with Crippen molar-refractivity contribution in [2.45, 2.75) is 25.4 Å². The molecule has 3 N–H and O–H groups in total. The average molecular weight is 303 g/mol. The minimum Gasteiger partial charge on any atom is -0.392 e. The summed E-state index contributed by atoms with van der Waals surface area (Å²) in [5.41, 5.74) is 7.97. The first kappa shape index (κ1) is 15.0. The van der Waals surface area contributed by atoms with Crippen molar-refractivity contribution in [2.24, 2.45) is 10.7 Å². The van der Waals surface area contributed by atoms with Gasteiger partial charge in [0, 0.05) is 13.1 Å². The Balaban J connectivity index is 1.86. The number of nitrogens with zero attached hydrogens (tertiary/aromatic N) is 2. The number of amides is 1. The number of aliphatic hydroxyl groups excluding tert-OH is 1. The van der Waals surface area contributed by atoms with Crippen molar-refractivity contribution < 1.29 is 14.6 Å². The predicted octanol–water partition coefficient (Wildman–Crippen LogP) is 0.555. The normalized spacial score (nSPS) is 25.2. The van der Waals surface area contributed by atoms with Crippen LogP contribution in [0.2, 0.25) is 0 Å². The first-order valence-corrected chi connectivity index (χ1v) is 7.54. The van der Waals surface area contributed by atoms with E-state index in [-0.39, 0.29) is 0 Å². The summed E-state index contributed by atoms with van der Waals surface area (Å²) in [6, 6.07) is 5.71. The van der Waals surface area contributed by atoms with Crippen molar-refractivity contribution in [3.63, 3.8) is 0 Å². The molecule has 1 fully saturated rings. The third kappa shape index (κ3) is 2.84. The highest BCUT2D eigenvalue weighted by atomic mass is 16.5. The molecule has 1 aromatic rings. The van der Waals surface area contributed by atoms with Gasteiger partial charge in [-0.25, -0.2) is 4.99 Å². The number of hydrogen-bond acceptors (Lipinski definition) is 4. The van der Waals surface area contributed by atoms with Gasteiger partial charge in [0.2, 0.25) is 5.91 Å². The van der Waals surface area contributed by atoms with Crippen LogP contribution in [-0.2, 0) is 16.0 Å². The zero-order chi connectivity index (χ0) is 15.7. The summed E-state index contributed by atoms with van der Waals surface area (Å²) in [6.07, 6.45) is -0.262. The lowest BCUT2D eigenvalue weighted by atomic mass is 9.99. The summed E-state index contributed by atoms with van der Waals surface area (Å²) < 4.78 is 5.34. The number of carbonyl (C=O) groups excluding carboxylic acids is 1. The number of rotatable bonds is 2. The molecule has 118 valence electrons. The van der Waals surface area contributed by atoms with E-state index in [0.717, 1.165) is 35.7 Å². The lowest BCUT2D eigenvalue weighted by molar-refractivity contribution is -0.121. The van der Waals surface area contributed by atoms with E-state index < -0.39 is 17.9 Å². The number of primary amides is 1. The number of benzene rings is 1. The number of fused-ring (bicyclic) bond motifs is 1. The fourth-order valence-corrected chi connectivity index (χ4v) is 3.17. The second kappa shape index (κ2) is 6.06. The number of aliphatic hydroxyl groups is 1. The van der Waals surface area contributed by atoms with Gasteiger partial charge in [0.05, 0.1) is 30.9 Å². The number of amidine groups is 1. The molecular formula is C16H21N3O3. The summed E-state index contributed by atoms with van der Waals surface area (Å²) >= 11 is 0. The molecule has 3 rings (SSSR count). The van der Waals surface area contributed by atoms with Gasteiger partial charge >= 0.3 is 0 Å². The van der Waals surface area contributed by atoms with Crippen LogP contribution < -0.4 is 5.73 Å². The third-order valence-corrected chi connectivity index (χ3v) is 4.34. The van der Waals surface area contributed by atoms with E-state index in [4.69, 9.17) is 10.5 Å². The van der Waals surface area contributed by atoms with Gasteiger partial charge in [-0.1, -0.05) is 6.07 Å². The van der Waals surface area contributed by atoms with Crippen molar-refractivity contribution in [1.82, 2.24) is 4.90 Å². The van der Waals surface area contributed by atoms with Crippen LogP contribution in [0.3, 0.4) is 0 Å². The number of aliphatic imine (C=N–C) groups is 1. The number of carbonyl (C=O) groups is 1. The minimum absolute atomic E-state index is 0.468. The molecule has 0 unspecified atom stereocenters. The first-order valence-electron chi connectivity index (χ1n) is 7.54. The van der Waals surface area contributed by atoms with Gasteiger partial charge in [-0.15, -0.1) is 0 Å². The number of nitrogens with two attached hydrogens (primary N) is 1. The topological polar surface area (TPSA) is 88.1 Å². The molecule has 0 aromatic heterocycles. The molecule has 0 radical (unpaired) electrons. The fraction of sp³-hybridized carbons (Fsp3) is 0.500. The second-order valence-electron chi connectivity index (χ2n) is 5.79. The van der Waals surface area contributed by atoms with Gasteiger partial charge in [0.25, 0.3) is 0 Å². The highest BCUT2D eigenvalue weighted by Crippen LogP contribution is 2.35. The minimum atomic E-state index is -0.730. The van der Waals surface area contributed by atoms with E-state index in [0.29, 0.717) is 19.6 Å². The molecule has 1 aliphatic heterocycles. The molecule has 1 aliphatic carbocycles. The molecule has 6 nitrogen and oxygen atoms in total. The molecule has 6 heteroatoms. The average Bonchev–Trinajstić information content (AvgIpc) is 2.83. The number of hydrogen-bond donors (Lipinski definition) is 2. The SMILES string of the molecule is CC(=Nc1ccc2c(c1)[C@@H](C(N)=O)[C@H](O)C2)N1CCOCC1. The van der Waals surface area contributed by atoms with E-state index in [1.165, 1.54) is 0 Å². The van der Waals surface area contributed by atoms with E-state index in [1.54, 1.807) is 0 Å². The molecule has 1 aromatic carbocycles. The van der Waals surface area contributed by atoms with Gasteiger partial charge < -0.3 is 20.5 Å². The number of morpholine rings is 1. The lowest BCUT2D eigenvalue weighted by Crippen LogP contribution is -2.39. The quantitative estimate of drug-likeness (QED) is 0.617. The fourth-order valence-electron chi connectivity index (χ4n) is 3.17. The van der Waals surface area contributed by atoms with Gasteiger partial charge in [-0.2, -0.15) is 0 Å². The summed E-state index contributed by atoms with van der Waals surface area (Å²) in [4.78, 5) is 18.4. The summed E-state index contributed by atoms with van der Waals surface area (Å²) in [5.74, 6) is -0.191. The van der Waals surface area contributed by atoms with Crippen LogP contribution in [0.5, 0.6) is 0 Å². The summed E-state index contributed by atoms with van der Waals surface area (Å²) in [7, 11) is 0. The smallest absolute Gasteiger partial charge is 0.227 e. The standard InChI is InChI=1S/C16H21N3O3/c1-10(19-4-6-22-7-5-19)18-12-3-2-11-8-14(20)15(16(17)21)13(11)9-12/h2-3,9,14-15,20H,4-8H2,1H3,(H2,17,21)/t14-,15-/m1/s1. The second-order valence-corrected chi connectivity index (χ2v) is 5.79. The Morgan fingerprint density at radius 2 is 2.14 bits per heavy atom. The summed E-state index contributed by atoms with van der Waals surface area (Å²) in [5, 5.41) is 10.00.